The first-order valence-electron chi connectivity index (χ1n) is 7.64. The van der Waals surface area contributed by atoms with Gasteiger partial charge in [-0.3, -0.25) is 4.98 Å². The van der Waals surface area contributed by atoms with Crippen LogP contribution in [-0.4, -0.2) is 24.8 Å². The average molecular weight is 323 g/mol. The van der Waals surface area contributed by atoms with Crippen LogP contribution in [0.1, 0.15) is 18.1 Å². The molecule has 0 saturated carbocycles. The topological polar surface area (TPSA) is 74.8 Å². The van der Waals surface area contributed by atoms with Gasteiger partial charge in [0.05, 0.1) is 18.8 Å². The van der Waals surface area contributed by atoms with Crippen LogP contribution >= 0.6 is 0 Å². The van der Waals surface area contributed by atoms with E-state index in [1.165, 1.54) is 19.4 Å². The molecule has 7 nitrogen and oxygen atoms in total. The van der Waals surface area contributed by atoms with Crippen molar-refractivity contribution < 1.29 is 6.11 Å². The van der Waals surface area contributed by atoms with E-state index in [1.807, 2.05) is 6.92 Å². The van der Waals surface area contributed by atoms with Gasteiger partial charge in [0.15, 0.2) is 0 Å². The van der Waals surface area contributed by atoms with Gasteiger partial charge in [-0.25, -0.2) is 4.79 Å². The summed E-state index contributed by atoms with van der Waals surface area (Å²) in [7, 11) is 1.51. The Labute approximate surface area is 139 Å². The fraction of sp³-hybridized carbons (Fsp3) is 0.176. The second-order valence-electron chi connectivity index (χ2n) is 5.11. The van der Waals surface area contributed by atoms with E-state index in [9.17, 15) is 4.79 Å². The van der Waals surface area contributed by atoms with Crippen molar-refractivity contribution in [3.8, 4) is 23.8 Å². The molecule has 3 rings (SSSR count). The number of aromatic nitrogens is 5. The number of tetrazole rings is 1. The molecule has 0 aliphatic rings. The lowest BCUT2D eigenvalue weighted by Gasteiger charge is -2.13. The second-order valence-corrected chi connectivity index (χ2v) is 5.11. The molecule has 0 unspecified atom stereocenters. The number of pyridine rings is 1. The van der Waals surface area contributed by atoms with Crippen LogP contribution in [-0.2, 0) is 13.7 Å². The first-order valence-corrected chi connectivity index (χ1v) is 7.14. The molecule has 2 aromatic heterocycles. The minimum Gasteiger partial charge on any atom is -0.489 e. The Hall–Kier alpha value is -3.40. The van der Waals surface area contributed by atoms with E-state index < -0.39 is 5.69 Å². The Morgan fingerprint density at radius 3 is 2.88 bits per heavy atom. The highest BCUT2D eigenvalue weighted by atomic mass is 16.5. The minimum atomic E-state index is -0.410. The summed E-state index contributed by atoms with van der Waals surface area (Å²) in [6, 6.07) is 5.48. The maximum absolute atomic E-state index is 12.1. The summed E-state index contributed by atoms with van der Waals surface area (Å²) in [5.41, 5.74) is 1.96. The molecule has 0 N–H and O–H groups in total. The van der Waals surface area contributed by atoms with Gasteiger partial charge in [0.25, 0.3) is 0 Å². The normalized spacial score (nSPS) is 11.0. The molecule has 0 saturated heterocycles. The molecule has 0 spiro atoms. The van der Waals surface area contributed by atoms with Crippen molar-refractivity contribution in [2.24, 2.45) is 7.05 Å². The number of hydrogen-bond acceptors (Lipinski definition) is 5. The van der Waals surface area contributed by atoms with Crippen LogP contribution in [0.15, 0.2) is 41.4 Å². The highest BCUT2D eigenvalue weighted by Crippen LogP contribution is 2.21. The van der Waals surface area contributed by atoms with Gasteiger partial charge in [-0.15, -0.1) is 6.42 Å². The summed E-state index contributed by atoms with van der Waals surface area (Å²) in [4.78, 5) is 16.2. The first-order chi connectivity index (χ1) is 12.0. The number of rotatable bonds is 4. The quantitative estimate of drug-likeness (QED) is 0.675. The van der Waals surface area contributed by atoms with Crippen LogP contribution in [0, 0.1) is 19.3 Å². The van der Waals surface area contributed by atoms with Crippen molar-refractivity contribution in [1.29, 1.82) is 0 Å². The summed E-state index contributed by atoms with van der Waals surface area (Å²) in [5.74, 6) is 3.18. The molecular weight excluding hydrogens is 306 g/mol. The Kier molecular flexibility index (Phi) is 3.78. The van der Waals surface area contributed by atoms with Crippen LogP contribution in [0.4, 0.5) is 0 Å². The van der Waals surface area contributed by atoms with E-state index in [0.29, 0.717) is 28.6 Å². The zero-order valence-electron chi connectivity index (χ0n) is 14.2. The van der Waals surface area contributed by atoms with E-state index in [2.05, 4.69) is 21.3 Å². The van der Waals surface area contributed by atoms with Crippen LogP contribution in [0.25, 0.3) is 5.69 Å². The lowest BCUT2D eigenvalue weighted by molar-refractivity contribution is 0.303. The largest absolute Gasteiger partial charge is 0.489 e. The van der Waals surface area contributed by atoms with Gasteiger partial charge in [0, 0.05) is 18.8 Å². The molecule has 3 aromatic rings. The predicted molar refractivity (Wildman–Crippen MR) is 87.8 cm³/mol. The lowest BCUT2D eigenvalue weighted by Crippen LogP contribution is -2.23. The van der Waals surface area contributed by atoms with E-state index in [0.717, 1.165) is 14.9 Å². The monoisotopic (exact) mass is 323 g/mol. The molecule has 0 amide bonds. The summed E-state index contributed by atoms with van der Waals surface area (Å²) < 4.78 is 15.7. The van der Waals surface area contributed by atoms with E-state index in [4.69, 9.17) is 12.5 Å². The number of aryl methyl sites for hydroxylation is 2. The molecule has 120 valence electrons. The van der Waals surface area contributed by atoms with Gasteiger partial charge in [0.2, 0.25) is 0 Å². The molecule has 24 heavy (non-hydrogen) atoms. The number of benzene rings is 1. The summed E-state index contributed by atoms with van der Waals surface area (Å²) >= 11 is 0. The Balaban J connectivity index is 2.01. The fourth-order valence-corrected chi connectivity index (χ4v) is 2.21. The van der Waals surface area contributed by atoms with E-state index in [1.54, 1.807) is 18.2 Å². The Bertz CT molecular complexity index is 1030. The molecule has 0 bridgehead atoms. The third-order valence-electron chi connectivity index (χ3n) is 3.53. The van der Waals surface area contributed by atoms with Crippen molar-refractivity contribution in [2.45, 2.75) is 13.5 Å². The van der Waals surface area contributed by atoms with Gasteiger partial charge in [-0.1, -0.05) is 24.1 Å². The van der Waals surface area contributed by atoms with Gasteiger partial charge >= 0.3 is 5.69 Å². The third kappa shape index (κ3) is 2.77. The van der Waals surface area contributed by atoms with E-state index >= 15 is 0 Å². The van der Waals surface area contributed by atoms with Crippen LogP contribution < -0.4 is 10.4 Å². The molecule has 0 fully saturated rings. The highest BCUT2D eigenvalue weighted by molar-refractivity contribution is 5.49. The third-order valence-corrected chi connectivity index (χ3v) is 3.53. The van der Waals surface area contributed by atoms with Crippen molar-refractivity contribution in [2.75, 3.05) is 0 Å². The number of terminal acetylenes is 1. The summed E-state index contributed by atoms with van der Waals surface area (Å²) in [5, 5.41) is 7.54. The predicted octanol–water partition coefficient (Wildman–Crippen LogP) is 1.23. The van der Waals surface area contributed by atoms with Crippen LogP contribution in [0.3, 0.4) is 0 Å². The van der Waals surface area contributed by atoms with Crippen molar-refractivity contribution in [3.05, 3.63) is 63.8 Å². The van der Waals surface area contributed by atoms with Crippen molar-refractivity contribution >= 4 is 0 Å². The van der Waals surface area contributed by atoms with Gasteiger partial charge in [-0.05, 0) is 29.0 Å². The SMILES string of the molecule is [3H]c1ccc(OCc2c(C#C)cncc2-n2nnn(C)c2=O)c(C)c1. The summed E-state index contributed by atoms with van der Waals surface area (Å²) in [6.45, 7) is 1.98. The maximum atomic E-state index is 12.1. The highest BCUT2D eigenvalue weighted by Gasteiger charge is 2.15. The number of hydrogen-bond donors (Lipinski definition) is 0. The van der Waals surface area contributed by atoms with Crippen LogP contribution in [0.5, 0.6) is 5.75 Å². The van der Waals surface area contributed by atoms with Crippen LogP contribution in [0.2, 0.25) is 0 Å². The molecule has 0 aliphatic carbocycles. The zero-order chi connectivity index (χ0) is 18.0. The van der Waals surface area contributed by atoms with E-state index in [-0.39, 0.29) is 6.61 Å². The number of ether oxygens (including phenoxy) is 1. The molecule has 0 radical (unpaired) electrons. The smallest absolute Gasteiger partial charge is 0.368 e. The summed E-state index contributed by atoms with van der Waals surface area (Å²) in [6.07, 6.45) is 8.59. The molecular formula is C17H15N5O2. The molecule has 1 aromatic carbocycles. The number of nitrogens with zero attached hydrogens (tertiary/aromatic N) is 5. The van der Waals surface area contributed by atoms with Crippen molar-refractivity contribution in [3.63, 3.8) is 0 Å². The Morgan fingerprint density at radius 1 is 1.38 bits per heavy atom. The Morgan fingerprint density at radius 2 is 2.21 bits per heavy atom. The average Bonchev–Trinajstić information content (AvgIpc) is 2.93. The maximum Gasteiger partial charge on any atom is 0.368 e. The standard InChI is InChI=1S/C17H15N5O2/c1-4-13-9-18-10-15(22-17(23)21(3)19-20-22)14(13)11-24-16-8-6-5-7-12(16)2/h1,5-10H,11H2,2-3H3/i5T. The first kappa shape index (κ1) is 14.2. The van der Waals surface area contributed by atoms with Gasteiger partial charge in [0.1, 0.15) is 12.4 Å². The van der Waals surface area contributed by atoms with Gasteiger partial charge < -0.3 is 4.74 Å². The molecule has 7 heteroatoms. The lowest BCUT2D eigenvalue weighted by atomic mass is 10.1. The minimum absolute atomic E-state index is 0.124. The second kappa shape index (κ2) is 6.38. The number of para-hydroxylation sites is 1. The van der Waals surface area contributed by atoms with Gasteiger partial charge in [-0.2, -0.15) is 9.36 Å². The molecule has 2 heterocycles. The van der Waals surface area contributed by atoms with Crippen molar-refractivity contribution in [1.82, 2.24) is 24.8 Å². The molecule has 0 aliphatic heterocycles. The zero-order valence-corrected chi connectivity index (χ0v) is 13.2. The molecule has 0 atom stereocenters. The fourth-order valence-electron chi connectivity index (χ4n) is 2.21.